The number of phenols is 1. The highest BCUT2D eigenvalue weighted by Gasteiger charge is 2.39. The summed E-state index contributed by atoms with van der Waals surface area (Å²) in [6.45, 7) is 3.88. The molecule has 2 N–H and O–H groups in total. The number of carbonyl (C=O) groups is 1. The molecule has 4 nitrogen and oxygen atoms in total. The third kappa shape index (κ3) is 2.80. The van der Waals surface area contributed by atoms with Crippen LogP contribution in [-0.2, 0) is 11.2 Å². The van der Waals surface area contributed by atoms with E-state index in [2.05, 4.69) is 5.32 Å². The van der Waals surface area contributed by atoms with Crippen LogP contribution in [0.5, 0.6) is 5.75 Å². The van der Waals surface area contributed by atoms with Crippen molar-refractivity contribution < 1.29 is 9.90 Å². The smallest absolute Gasteiger partial charge is 0.227 e. The van der Waals surface area contributed by atoms with Gasteiger partial charge in [-0.15, -0.1) is 0 Å². The number of hydrogen-bond donors (Lipinski definition) is 2. The van der Waals surface area contributed by atoms with Gasteiger partial charge in [-0.1, -0.05) is 12.1 Å². The van der Waals surface area contributed by atoms with Gasteiger partial charge in [-0.25, -0.2) is 0 Å². The molecule has 2 saturated heterocycles. The van der Waals surface area contributed by atoms with Gasteiger partial charge in [0.05, 0.1) is 6.42 Å². The van der Waals surface area contributed by atoms with Crippen molar-refractivity contribution in [2.75, 3.05) is 26.2 Å². The summed E-state index contributed by atoms with van der Waals surface area (Å²) in [5.74, 6) is 0.409. The molecule has 2 aliphatic heterocycles. The number of carbonyl (C=O) groups excluding carboxylic acids is 1. The lowest BCUT2D eigenvalue weighted by molar-refractivity contribution is -0.133. The van der Waals surface area contributed by atoms with E-state index in [9.17, 15) is 9.90 Å². The Hall–Kier alpha value is -1.55. The van der Waals surface area contributed by atoms with Crippen LogP contribution in [0.25, 0.3) is 0 Å². The number of hydrogen-bond acceptors (Lipinski definition) is 3. The number of benzene rings is 1. The zero-order chi connectivity index (χ0) is 14.0. The van der Waals surface area contributed by atoms with E-state index < -0.39 is 0 Å². The number of nitrogens with zero attached hydrogens (tertiary/aromatic N) is 1. The van der Waals surface area contributed by atoms with Crippen LogP contribution in [0.1, 0.15) is 24.8 Å². The first kappa shape index (κ1) is 13.4. The summed E-state index contributed by atoms with van der Waals surface area (Å²) >= 11 is 0. The quantitative estimate of drug-likeness (QED) is 0.860. The first-order valence-corrected chi connectivity index (χ1v) is 7.43. The number of aromatic hydroxyl groups is 1. The van der Waals surface area contributed by atoms with E-state index >= 15 is 0 Å². The second kappa shape index (κ2) is 5.44. The Morgan fingerprint density at radius 2 is 2.30 bits per heavy atom. The Morgan fingerprint density at radius 3 is 3.05 bits per heavy atom. The molecule has 0 aromatic heterocycles. The minimum absolute atomic E-state index is 0.182. The molecule has 108 valence electrons. The maximum Gasteiger partial charge on any atom is 0.227 e. The lowest BCUT2D eigenvalue weighted by atomic mass is 9.79. The van der Waals surface area contributed by atoms with Gasteiger partial charge in [0.15, 0.2) is 0 Å². The summed E-state index contributed by atoms with van der Waals surface area (Å²) in [6.07, 6.45) is 3.91. The normalized spacial score (nSPS) is 26.1. The molecule has 2 heterocycles. The molecular weight excluding hydrogens is 252 g/mol. The third-order valence-electron chi connectivity index (χ3n) is 4.61. The predicted molar refractivity (Wildman–Crippen MR) is 77.5 cm³/mol. The van der Waals surface area contributed by atoms with Gasteiger partial charge in [0.2, 0.25) is 5.91 Å². The molecule has 1 amide bonds. The zero-order valence-corrected chi connectivity index (χ0v) is 11.8. The molecule has 2 aliphatic rings. The first-order chi connectivity index (χ1) is 9.67. The van der Waals surface area contributed by atoms with Crippen LogP contribution >= 0.6 is 0 Å². The highest BCUT2D eigenvalue weighted by molar-refractivity contribution is 5.79. The monoisotopic (exact) mass is 274 g/mol. The maximum atomic E-state index is 12.4. The summed E-state index contributed by atoms with van der Waals surface area (Å²) < 4.78 is 0. The minimum Gasteiger partial charge on any atom is -0.508 e. The van der Waals surface area contributed by atoms with Crippen molar-refractivity contribution in [3.8, 4) is 5.75 Å². The van der Waals surface area contributed by atoms with Crippen LogP contribution in [0, 0.1) is 5.41 Å². The second-order valence-corrected chi connectivity index (χ2v) is 6.19. The maximum absolute atomic E-state index is 12.4. The molecule has 0 bridgehead atoms. The van der Waals surface area contributed by atoms with E-state index in [0.717, 1.165) is 38.2 Å². The Bertz CT molecular complexity index is 495. The molecule has 1 spiro atoms. The van der Waals surface area contributed by atoms with Crippen molar-refractivity contribution in [3.05, 3.63) is 29.8 Å². The molecule has 2 fully saturated rings. The third-order valence-corrected chi connectivity index (χ3v) is 4.61. The zero-order valence-electron chi connectivity index (χ0n) is 11.8. The van der Waals surface area contributed by atoms with Crippen LogP contribution in [0.3, 0.4) is 0 Å². The van der Waals surface area contributed by atoms with E-state index in [4.69, 9.17) is 0 Å². The number of likely N-dealkylation sites (tertiary alicyclic amines) is 1. The Labute approximate surface area is 119 Å². The van der Waals surface area contributed by atoms with Gasteiger partial charge >= 0.3 is 0 Å². The summed E-state index contributed by atoms with van der Waals surface area (Å²) in [6, 6.07) is 6.99. The van der Waals surface area contributed by atoms with E-state index in [0.29, 0.717) is 11.8 Å². The molecule has 1 unspecified atom stereocenters. The van der Waals surface area contributed by atoms with Crippen molar-refractivity contribution in [2.24, 2.45) is 5.41 Å². The molecule has 0 aliphatic carbocycles. The highest BCUT2D eigenvalue weighted by atomic mass is 16.3. The van der Waals surface area contributed by atoms with Crippen LogP contribution in [0.2, 0.25) is 0 Å². The molecule has 20 heavy (non-hydrogen) atoms. The minimum atomic E-state index is 0.182. The Morgan fingerprint density at radius 1 is 1.40 bits per heavy atom. The summed E-state index contributed by atoms with van der Waals surface area (Å²) in [5.41, 5.74) is 1.20. The lowest BCUT2D eigenvalue weighted by Gasteiger charge is -2.40. The summed E-state index contributed by atoms with van der Waals surface area (Å²) in [5, 5.41) is 12.9. The van der Waals surface area contributed by atoms with E-state index in [-0.39, 0.29) is 11.7 Å². The van der Waals surface area contributed by atoms with Gasteiger partial charge in [-0.05, 0) is 43.5 Å². The topological polar surface area (TPSA) is 52.6 Å². The van der Waals surface area contributed by atoms with Gasteiger partial charge in [0, 0.05) is 25.0 Å². The molecule has 1 aromatic carbocycles. The van der Waals surface area contributed by atoms with E-state index in [1.54, 1.807) is 18.2 Å². The van der Waals surface area contributed by atoms with Gasteiger partial charge in [0.1, 0.15) is 5.75 Å². The second-order valence-electron chi connectivity index (χ2n) is 6.19. The average molecular weight is 274 g/mol. The van der Waals surface area contributed by atoms with Crippen molar-refractivity contribution >= 4 is 5.91 Å². The van der Waals surface area contributed by atoms with Crippen LogP contribution < -0.4 is 5.32 Å². The lowest BCUT2D eigenvalue weighted by Crippen LogP contribution is -2.47. The highest BCUT2D eigenvalue weighted by Crippen LogP contribution is 2.35. The van der Waals surface area contributed by atoms with E-state index in [1.165, 1.54) is 12.8 Å². The van der Waals surface area contributed by atoms with E-state index in [1.807, 2.05) is 11.0 Å². The number of nitrogens with one attached hydrogen (secondary N) is 1. The average Bonchev–Trinajstić information content (AvgIpc) is 2.87. The van der Waals surface area contributed by atoms with Crippen molar-refractivity contribution in [2.45, 2.75) is 25.7 Å². The van der Waals surface area contributed by atoms with Crippen LogP contribution in [0.4, 0.5) is 0 Å². The Kier molecular flexibility index (Phi) is 3.66. The molecule has 1 atom stereocenters. The summed E-state index contributed by atoms with van der Waals surface area (Å²) in [4.78, 5) is 14.5. The molecular formula is C16H22N2O2. The number of phenolic OH excluding ortho intramolecular Hbond substituents is 1. The number of amides is 1. The van der Waals surface area contributed by atoms with Gasteiger partial charge in [-0.2, -0.15) is 0 Å². The number of piperidine rings is 1. The Balaban J connectivity index is 1.65. The first-order valence-electron chi connectivity index (χ1n) is 7.43. The standard InChI is InChI=1S/C16H22N2O2/c19-14-4-1-3-13(9-14)10-15(20)18-8-2-5-16(12-18)6-7-17-11-16/h1,3-4,9,17,19H,2,5-8,10-12H2. The summed E-state index contributed by atoms with van der Waals surface area (Å²) in [7, 11) is 0. The fourth-order valence-electron chi connectivity index (χ4n) is 3.52. The SMILES string of the molecule is O=C(Cc1cccc(O)c1)N1CCCC2(CCNC2)C1. The fourth-order valence-corrected chi connectivity index (χ4v) is 3.52. The van der Waals surface area contributed by atoms with Gasteiger partial charge < -0.3 is 15.3 Å². The van der Waals surface area contributed by atoms with Crippen LogP contribution in [0.15, 0.2) is 24.3 Å². The molecule has 0 saturated carbocycles. The van der Waals surface area contributed by atoms with Crippen LogP contribution in [-0.4, -0.2) is 42.1 Å². The van der Waals surface area contributed by atoms with Crippen molar-refractivity contribution in [1.29, 1.82) is 0 Å². The predicted octanol–water partition coefficient (Wildman–Crippen LogP) is 1.54. The largest absolute Gasteiger partial charge is 0.508 e. The number of rotatable bonds is 2. The molecule has 0 radical (unpaired) electrons. The van der Waals surface area contributed by atoms with Gasteiger partial charge in [-0.3, -0.25) is 4.79 Å². The van der Waals surface area contributed by atoms with Gasteiger partial charge in [0.25, 0.3) is 0 Å². The molecule has 3 rings (SSSR count). The fraction of sp³-hybridized carbons (Fsp3) is 0.562. The molecule has 1 aromatic rings. The molecule has 4 heteroatoms. The van der Waals surface area contributed by atoms with Crippen molar-refractivity contribution in [3.63, 3.8) is 0 Å². The van der Waals surface area contributed by atoms with Crippen molar-refractivity contribution in [1.82, 2.24) is 10.2 Å².